The van der Waals surface area contributed by atoms with Crippen molar-refractivity contribution in [1.82, 2.24) is 14.8 Å². The summed E-state index contributed by atoms with van der Waals surface area (Å²) in [5.41, 5.74) is 9.06. The lowest BCUT2D eigenvalue weighted by molar-refractivity contribution is 0.318. The quantitative estimate of drug-likeness (QED) is 0.361. The smallest absolute Gasteiger partial charge is 0.188 e. The maximum atomic E-state index is 8.65. The third-order valence-corrected chi connectivity index (χ3v) is 2.97. The first kappa shape index (κ1) is 12.1. The molecule has 0 amide bonds. The molecule has 18 heavy (non-hydrogen) atoms. The second-order valence-corrected chi connectivity index (χ2v) is 4.07. The molecule has 0 spiro atoms. The van der Waals surface area contributed by atoms with Crippen molar-refractivity contribution in [2.24, 2.45) is 10.9 Å². The molecule has 2 rings (SSSR count). The van der Waals surface area contributed by atoms with E-state index in [0.717, 1.165) is 17.0 Å². The van der Waals surface area contributed by atoms with Crippen LogP contribution >= 0.6 is 0 Å². The summed E-state index contributed by atoms with van der Waals surface area (Å²) in [6.07, 6.45) is 0. The van der Waals surface area contributed by atoms with Crippen molar-refractivity contribution in [2.75, 3.05) is 0 Å². The fourth-order valence-electron chi connectivity index (χ4n) is 1.68. The molecule has 0 atom stereocenters. The van der Waals surface area contributed by atoms with Gasteiger partial charge < -0.3 is 10.9 Å². The van der Waals surface area contributed by atoms with Crippen molar-refractivity contribution in [3.63, 3.8) is 0 Å². The van der Waals surface area contributed by atoms with Crippen LogP contribution in [0, 0.1) is 20.8 Å². The van der Waals surface area contributed by atoms with E-state index in [1.807, 2.05) is 26.8 Å². The average molecular weight is 245 g/mol. The molecule has 0 saturated heterocycles. The van der Waals surface area contributed by atoms with Crippen LogP contribution in [-0.2, 0) is 0 Å². The van der Waals surface area contributed by atoms with Gasteiger partial charge in [0.15, 0.2) is 11.7 Å². The molecule has 0 saturated carbocycles. The molecule has 0 aliphatic carbocycles. The molecule has 0 aliphatic heterocycles. The van der Waals surface area contributed by atoms with Gasteiger partial charge in [0, 0.05) is 5.69 Å². The van der Waals surface area contributed by atoms with Crippen molar-refractivity contribution in [2.45, 2.75) is 20.8 Å². The van der Waals surface area contributed by atoms with Crippen molar-refractivity contribution in [3.8, 4) is 5.82 Å². The molecule has 0 aromatic carbocycles. The molecule has 2 heterocycles. The Hall–Kier alpha value is -2.37. The van der Waals surface area contributed by atoms with E-state index in [-0.39, 0.29) is 5.84 Å². The van der Waals surface area contributed by atoms with E-state index in [2.05, 4.69) is 15.2 Å². The summed E-state index contributed by atoms with van der Waals surface area (Å²) in [6.45, 7) is 5.95. The van der Waals surface area contributed by atoms with Gasteiger partial charge in [-0.2, -0.15) is 5.10 Å². The van der Waals surface area contributed by atoms with Gasteiger partial charge in [-0.05, 0) is 38.5 Å². The Kier molecular flexibility index (Phi) is 3.01. The zero-order chi connectivity index (χ0) is 13.3. The standard InChI is InChI=1S/C12H15N5O/c1-7-8(2)15-17(9(7)3)11-6-4-5-10(14-11)12(13)16-18/h4-6,18H,1-3H3,(H2,13,16). The first-order valence-electron chi connectivity index (χ1n) is 5.52. The summed E-state index contributed by atoms with van der Waals surface area (Å²) in [6, 6.07) is 5.30. The predicted octanol–water partition coefficient (Wildman–Crippen LogP) is 1.29. The van der Waals surface area contributed by atoms with Gasteiger partial charge >= 0.3 is 0 Å². The van der Waals surface area contributed by atoms with E-state index in [1.54, 1.807) is 16.8 Å². The molecular weight excluding hydrogens is 230 g/mol. The molecular formula is C12H15N5O. The second kappa shape index (κ2) is 4.48. The summed E-state index contributed by atoms with van der Waals surface area (Å²) in [5.74, 6) is 0.628. The largest absolute Gasteiger partial charge is 0.409 e. The van der Waals surface area contributed by atoms with Gasteiger partial charge in [0.2, 0.25) is 0 Å². The van der Waals surface area contributed by atoms with Gasteiger partial charge in [0.25, 0.3) is 0 Å². The highest BCUT2D eigenvalue weighted by Crippen LogP contribution is 2.15. The maximum absolute atomic E-state index is 8.65. The van der Waals surface area contributed by atoms with Crippen LogP contribution in [0.5, 0.6) is 0 Å². The molecule has 94 valence electrons. The van der Waals surface area contributed by atoms with Crippen LogP contribution in [0.2, 0.25) is 0 Å². The minimum atomic E-state index is -0.0184. The summed E-state index contributed by atoms with van der Waals surface area (Å²) < 4.78 is 1.75. The van der Waals surface area contributed by atoms with E-state index in [4.69, 9.17) is 10.9 Å². The highest BCUT2D eigenvalue weighted by atomic mass is 16.4. The number of nitrogens with zero attached hydrogens (tertiary/aromatic N) is 4. The van der Waals surface area contributed by atoms with E-state index in [1.165, 1.54) is 0 Å². The van der Waals surface area contributed by atoms with E-state index in [0.29, 0.717) is 11.5 Å². The van der Waals surface area contributed by atoms with Crippen LogP contribution in [0.4, 0.5) is 0 Å². The monoisotopic (exact) mass is 245 g/mol. The van der Waals surface area contributed by atoms with Crippen LogP contribution in [0.1, 0.15) is 22.6 Å². The number of nitrogens with two attached hydrogens (primary N) is 1. The Morgan fingerprint density at radius 1 is 1.33 bits per heavy atom. The Balaban J connectivity index is 2.55. The number of aromatic nitrogens is 3. The highest BCUT2D eigenvalue weighted by Gasteiger charge is 2.11. The van der Waals surface area contributed by atoms with Gasteiger partial charge in [-0.1, -0.05) is 11.2 Å². The lowest BCUT2D eigenvalue weighted by Gasteiger charge is -2.05. The second-order valence-electron chi connectivity index (χ2n) is 4.07. The summed E-state index contributed by atoms with van der Waals surface area (Å²) in [7, 11) is 0. The third kappa shape index (κ3) is 1.92. The number of hydrogen-bond donors (Lipinski definition) is 2. The highest BCUT2D eigenvalue weighted by molar-refractivity contribution is 5.95. The van der Waals surface area contributed by atoms with Gasteiger partial charge in [-0.15, -0.1) is 0 Å². The van der Waals surface area contributed by atoms with E-state index in [9.17, 15) is 0 Å². The van der Waals surface area contributed by atoms with Crippen LogP contribution in [-0.4, -0.2) is 25.8 Å². The van der Waals surface area contributed by atoms with Crippen molar-refractivity contribution >= 4 is 5.84 Å². The van der Waals surface area contributed by atoms with Gasteiger partial charge in [0.1, 0.15) is 5.69 Å². The Morgan fingerprint density at radius 2 is 2.06 bits per heavy atom. The molecule has 0 radical (unpaired) electrons. The van der Waals surface area contributed by atoms with Crippen LogP contribution in [0.3, 0.4) is 0 Å². The SMILES string of the molecule is Cc1nn(-c2cccc(C(N)=NO)n2)c(C)c1C. The molecule has 6 heteroatoms. The van der Waals surface area contributed by atoms with Crippen molar-refractivity contribution in [1.29, 1.82) is 0 Å². The number of rotatable bonds is 2. The third-order valence-electron chi connectivity index (χ3n) is 2.97. The Bertz CT molecular complexity index is 615. The van der Waals surface area contributed by atoms with Crippen LogP contribution in [0.25, 0.3) is 5.82 Å². The first-order chi connectivity index (χ1) is 8.54. The first-order valence-corrected chi connectivity index (χ1v) is 5.52. The molecule has 0 fully saturated rings. The molecule has 0 bridgehead atoms. The number of pyridine rings is 1. The lowest BCUT2D eigenvalue weighted by Crippen LogP contribution is -2.16. The molecule has 2 aromatic rings. The van der Waals surface area contributed by atoms with Crippen molar-refractivity contribution in [3.05, 3.63) is 40.8 Å². The van der Waals surface area contributed by atoms with Gasteiger partial charge in [0.05, 0.1) is 5.69 Å². The minimum absolute atomic E-state index is 0.0184. The minimum Gasteiger partial charge on any atom is -0.409 e. The van der Waals surface area contributed by atoms with E-state index >= 15 is 0 Å². The zero-order valence-corrected chi connectivity index (χ0v) is 10.5. The molecule has 0 aliphatic rings. The zero-order valence-electron chi connectivity index (χ0n) is 10.5. The summed E-state index contributed by atoms with van der Waals surface area (Å²) in [4.78, 5) is 4.31. The number of oxime groups is 1. The number of amidine groups is 1. The van der Waals surface area contributed by atoms with Crippen LogP contribution < -0.4 is 5.73 Å². The Morgan fingerprint density at radius 3 is 2.61 bits per heavy atom. The maximum Gasteiger partial charge on any atom is 0.188 e. The summed E-state index contributed by atoms with van der Waals surface area (Å²) in [5, 5.41) is 16.0. The Labute approximate surface area is 105 Å². The van der Waals surface area contributed by atoms with Gasteiger partial charge in [-0.25, -0.2) is 9.67 Å². The van der Waals surface area contributed by atoms with E-state index < -0.39 is 0 Å². The van der Waals surface area contributed by atoms with Gasteiger partial charge in [-0.3, -0.25) is 0 Å². The predicted molar refractivity (Wildman–Crippen MR) is 68.1 cm³/mol. The van der Waals surface area contributed by atoms with Crippen molar-refractivity contribution < 1.29 is 5.21 Å². The molecule has 2 aromatic heterocycles. The lowest BCUT2D eigenvalue weighted by atomic mass is 10.2. The fourth-order valence-corrected chi connectivity index (χ4v) is 1.68. The normalized spacial score (nSPS) is 11.8. The van der Waals surface area contributed by atoms with Crippen LogP contribution in [0.15, 0.2) is 23.4 Å². The topological polar surface area (TPSA) is 89.3 Å². The fraction of sp³-hybridized carbons (Fsp3) is 0.250. The summed E-state index contributed by atoms with van der Waals surface area (Å²) >= 11 is 0. The molecule has 6 nitrogen and oxygen atoms in total. The number of hydrogen-bond acceptors (Lipinski definition) is 4. The molecule has 3 N–H and O–H groups in total. The molecule has 0 unspecified atom stereocenters. The average Bonchev–Trinajstić information content (AvgIpc) is 2.66. The number of aryl methyl sites for hydroxylation is 1.